The van der Waals surface area contributed by atoms with Gasteiger partial charge in [-0.3, -0.25) is 4.98 Å². The zero-order chi connectivity index (χ0) is 20.9. The molecule has 0 amide bonds. The first kappa shape index (κ1) is 18.4. The lowest BCUT2D eigenvalue weighted by Crippen LogP contribution is -2.23. The van der Waals surface area contributed by atoms with Crippen molar-refractivity contribution in [3.63, 3.8) is 0 Å². The van der Waals surface area contributed by atoms with E-state index in [1.807, 2.05) is 39.1 Å². The molecule has 8 nitrogen and oxygen atoms in total. The summed E-state index contributed by atoms with van der Waals surface area (Å²) in [6.07, 6.45) is 5.21. The quantitative estimate of drug-likeness (QED) is 0.539. The molecule has 0 bridgehead atoms. The number of nitrogens with one attached hydrogen (secondary N) is 2. The van der Waals surface area contributed by atoms with Crippen LogP contribution in [0, 0.1) is 5.82 Å². The molecule has 4 heterocycles. The smallest absolute Gasteiger partial charge is 0.182 e. The molecule has 0 fully saturated rings. The number of aromatic nitrogens is 4. The Balaban J connectivity index is 1.50. The highest BCUT2D eigenvalue weighted by atomic mass is 19.1. The standard InChI is InChI=1S/C21H20FN7O/c1-12(15-10-14(22)9-13-5-4-7-23-18(13)15)25-17-6-8-29-20(26-17)16(11-24-29)19-27-21(2,3)30-28-19/h4-12H,1-3H3,(H,25,26)(H,27,28)/t12-/m1/s1. The van der Waals surface area contributed by atoms with E-state index in [0.717, 1.165) is 22.0 Å². The van der Waals surface area contributed by atoms with Crippen molar-refractivity contribution < 1.29 is 9.23 Å². The largest absolute Gasteiger partial charge is 0.363 e. The Kier molecular flexibility index (Phi) is 4.14. The molecule has 1 aromatic carbocycles. The Hall–Kier alpha value is -3.59. The second-order valence-electron chi connectivity index (χ2n) is 7.69. The summed E-state index contributed by atoms with van der Waals surface area (Å²) >= 11 is 0. The molecule has 2 N–H and O–H groups in total. The van der Waals surface area contributed by atoms with Gasteiger partial charge in [0.2, 0.25) is 0 Å². The van der Waals surface area contributed by atoms with Crippen LogP contribution in [0.5, 0.6) is 0 Å². The van der Waals surface area contributed by atoms with E-state index in [1.54, 1.807) is 23.0 Å². The van der Waals surface area contributed by atoms with Crippen LogP contribution in [-0.2, 0) is 4.84 Å². The van der Waals surface area contributed by atoms with Crippen LogP contribution in [0.25, 0.3) is 16.6 Å². The summed E-state index contributed by atoms with van der Waals surface area (Å²) in [6, 6.07) is 8.24. The first-order valence-corrected chi connectivity index (χ1v) is 9.59. The molecule has 5 rings (SSSR count). The minimum absolute atomic E-state index is 0.219. The van der Waals surface area contributed by atoms with Crippen molar-refractivity contribution in [3.05, 3.63) is 65.9 Å². The summed E-state index contributed by atoms with van der Waals surface area (Å²) in [4.78, 5) is 19.1. The normalized spacial score (nSPS) is 16.5. The van der Waals surface area contributed by atoms with Crippen LogP contribution in [0.4, 0.5) is 10.2 Å². The van der Waals surface area contributed by atoms with Crippen LogP contribution in [0.3, 0.4) is 0 Å². The van der Waals surface area contributed by atoms with Crippen LogP contribution >= 0.6 is 0 Å². The van der Waals surface area contributed by atoms with E-state index in [4.69, 9.17) is 9.82 Å². The van der Waals surface area contributed by atoms with Crippen molar-refractivity contribution in [1.29, 1.82) is 0 Å². The van der Waals surface area contributed by atoms with Crippen molar-refractivity contribution in [3.8, 4) is 0 Å². The second-order valence-corrected chi connectivity index (χ2v) is 7.69. The SMILES string of the molecule is C[C@@H](Nc1ccn2ncc(C3=NC(C)(C)ON3)c2n1)c1cc(F)cc2cccnc12. The van der Waals surface area contributed by atoms with Gasteiger partial charge >= 0.3 is 0 Å². The van der Waals surface area contributed by atoms with Gasteiger partial charge in [0.05, 0.1) is 23.3 Å². The molecule has 30 heavy (non-hydrogen) atoms. The van der Waals surface area contributed by atoms with Gasteiger partial charge in [-0.25, -0.2) is 29.2 Å². The molecule has 0 aliphatic carbocycles. The first-order valence-electron chi connectivity index (χ1n) is 9.59. The number of aliphatic imine (C=N–C) groups is 1. The zero-order valence-electron chi connectivity index (χ0n) is 16.7. The van der Waals surface area contributed by atoms with Gasteiger partial charge in [-0.1, -0.05) is 6.07 Å². The van der Waals surface area contributed by atoms with Crippen LogP contribution < -0.4 is 10.8 Å². The molecule has 1 atom stereocenters. The summed E-state index contributed by atoms with van der Waals surface area (Å²) in [5, 5.41) is 8.44. The van der Waals surface area contributed by atoms with Crippen LogP contribution in [0.15, 0.2) is 53.9 Å². The molecule has 3 aromatic heterocycles. The van der Waals surface area contributed by atoms with Gasteiger partial charge in [0.25, 0.3) is 0 Å². The molecule has 1 aliphatic rings. The fourth-order valence-corrected chi connectivity index (χ4v) is 3.53. The predicted molar refractivity (Wildman–Crippen MR) is 112 cm³/mol. The average Bonchev–Trinajstić information content (AvgIpc) is 3.29. The summed E-state index contributed by atoms with van der Waals surface area (Å²) < 4.78 is 15.8. The molecule has 0 saturated heterocycles. The van der Waals surface area contributed by atoms with Gasteiger partial charge in [-0.15, -0.1) is 0 Å². The molecular formula is C21H20FN7O. The number of amidine groups is 1. The molecular weight excluding hydrogens is 385 g/mol. The maximum Gasteiger partial charge on any atom is 0.182 e. The number of fused-ring (bicyclic) bond motifs is 2. The lowest BCUT2D eigenvalue weighted by Gasteiger charge is -2.17. The third kappa shape index (κ3) is 3.22. The minimum Gasteiger partial charge on any atom is -0.363 e. The Labute approximate surface area is 171 Å². The number of halogens is 1. The summed E-state index contributed by atoms with van der Waals surface area (Å²) in [7, 11) is 0. The number of pyridine rings is 1. The molecule has 4 aromatic rings. The molecule has 0 saturated carbocycles. The Bertz CT molecular complexity index is 1300. The van der Waals surface area contributed by atoms with E-state index in [2.05, 4.69) is 25.9 Å². The van der Waals surface area contributed by atoms with Gasteiger partial charge in [0, 0.05) is 23.3 Å². The third-order valence-electron chi connectivity index (χ3n) is 4.93. The van der Waals surface area contributed by atoms with Gasteiger partial charge in [-0.2, -0.15) is 5.10 Å². The maximum absolute atomic E-state index is 14.1. The number of hydroxylamine groups is 1. The van der Waals surface area contributed by atoms with Crippen LogP contribution in [-0.4, -0.2) is 31.1 Å². The van der Waals surface area contributed by atoms with Gasteiger partial charge < -0.3 is 5.32 Å². The monoisotopic (exact) mass is 405 g/mol. The topological polar surface area (TPSA) is 88.7 Å². The van der Waals surface area contributed by atoms with E-state index in [1.165, 1.54) is 12.1 Å². The summed E-state index contributed by atoms with van der Waals surface area (Å²) in [5.74, 6) is 0.908. The first-order chi connectivity index (χ1) is 14.4. The fourth-order valence-electron chi connectivity index (χ4n) is 3.53. The van der Waals surface area contributed by atoms with E-state index in [9.17, 15) is 4.39 Å². The molecule has 152 valence electrons. The molecule has 0 radical (unpaired) electrons. The Morgan fingerprint density at radius 2 is 2.13 bits per heavy atom. The van der Waals surface area contributed by atoms with E-state index in [-0.39, 0.29) is 11.9 Å². The predicted octanol–water partition coefficient (Wildman–Crippen LogP) is 3.61. The third-order valence-corrected chi connectivity index (χ3v) is 4.93. The van der Waals surface area contributed by atoms with Crippen molar-refractivity contribution in [1.82, 2.24) is 25.1 Å². The Morgan fingerprint density at radius 3 is 2.93 bits per heavy atom. The van der Waals surface area contributed by atoms with Gasteiger partial charge in [-0.05, 0) is 45.0 Å². The maximum atomic E-state index is 14.1. The highest BCUT2D eigenvalue weighted by Crippen LogP contribution is 2.27. The highest BCUT2D eigenvalue weighted by molar-refractivity contribution is 6.03. The zero-order valence-corrected chi connectivity index (χ0v) is 16.7. The lowest BCUT2D eigenvalue weighted by atomic mass is 10.0. The van der Waals surface area contributed by atoms with Crippen LogP contribution in [0.1, 0.15) is 37.9 Å². The fraction of sp³-hybridized carbons (Fsp3) is 0.238. The molecule has 1 aliphatic heterocycles. The Morgan fingerprint density at radius 1 is 1.27 bits per heavy atom. The number of rotatable bonds is 4. The van der Waals surface area contributed by atoms with Crippen molar-refractivity contribution in [2.45, 2.75) is 32.5 Å². The number of benzene rings is 1. The van der Waals surface area contributed by atoms with Crippen molar-refractivity contribution >= 4 is 28.2 Å². The molecule has 0 spiro atoms. The highest BCUT2D eigenvalue weighted by Gasteiger charge is 2.28. The summed E-state index contributed by atoms with van der Waals surface area (Å²) in [5.41, 5.74) is 5.07. The number of nitrogens with zero attached hydrogens (tertiary/aromatic N) is 5. The summed E-state index contributed by atoms with van der Waals surface area (Å²) in [6.45, 7) is 5.67. The number of hydrogen-bond acceptors (Lipinski definition) is 7. The lowest BCUT2D eigenvalue weighted by molar-refractivity contribution is -0.0269. The van der Waals surface area contributed by atoms with Gasteiger partial charge in [0.15, 0.2) is 17.2 Å². The van der Waals surface area contributed by atoms with Crippen molar-refractivity contribution in [2.75, 3.05) is 5.32 Å². The van der Waals surface area contributed by atoms with E-state index < -0.39 is 5.72 Å². The van der Waals surface area contributed by atoms with E-state index in [0.29, 0.717) is 17.3 Å². The average molecular weight is 405 g/mol. The number of hydrogen-bond donors (Lipinski definition) is 2. The molecule has 9 heteroatoms. The number of anilines is 1. The van der Waals surface area contributed by atoms with Crippen molar-refractivity contribution in [2.24, 2.45) is 4.99 Å². The second kappa shape index (κ2) is 6.74. The van der Waals surface area contributed by atoms with Gasteiger partial charge in [0.1, 0.15) is 11.6 Å². The van der Waals surface area contributed by atoms with Crippen LogP contribution in [0.2, 0.25) is 0 Å². The molecule has 0 unspecified atom stereocenters. The minimum atomic E-state index is -0.653. The van der Waals surface area contributed by atoms with E-state index >= 15 is 0 Å².